The SMILES string of the molecule is CCC1NC(c2ccccc2)N(CC2(C)CCC2)C1=O. The summed E-state index contributed by atoms with van der Waals surface area (Å²) in [5.74, 6) is 0.273. The van der Waals surface area contributed by atoms with E-state index in [2.05, 4.69) is 36.2 Å². The quantitative estimate of drug-likeness (QED) is 0.913. The fourth-order valence-electron chi connectivity index (χ4n) is 3.40. The van der Waals surface area contributed by atoms with Gasteiger partial charge in [0, 0.05) is 6.54 Å². The summed E-state index contributed by atoms with van der Waals surface area (Å²) in [6.07, 6.45) is 4.70. The molecule has 1 aromatic rings. The molecule has 2 atom stereocenters. The van der Waals surface area contributed by atoms with E-state index in [0.29, 0.717) is 5.41 Å². The van der Waals surface area contributed by atoms with Crippen LogP contribution in [0.25, 0.3) is 0 Å². The van der Waals surface area contributed by atoms with Crippen LogP contribution >= 0.6 is 0 Å². The highest BCUT2D eigenvalue weighted by atomic mass is 16.2. The van der Waals surface area contributed by atoms with Crippen molar-refractivity contribution in [2.75, 3.05) is 6.54 Å². The van der Waals surface area contributed by atoms with Crippen molar-refractivity contribution in [3.8, 4) is 0 Å². The lowest BCUT2D eigenvalue weighted by Gasteiger charge is -2.42. The summed E-state index contributed by atoms with van der Waals surface area (Å²) in [5.41, 5.74) is 1.52. The summed E-state index contributed by atoms with van der Waals surface area (Å²) < 4.78 is 0. The van der Waals surface area contributed by atoms with Gasteiger partial charge in [-0.1, -0.05) is 50.6 Å². The average Bonchev–Trinajstić information content (AvgIpc) is 2.75. The van der Waals surface area contributed by atoms with E-state index in [1.54, 1.807) is 0 Å². The molecule has 1 aliphatic heterocycles. The number of hydrogen-bond acceptors (Lipinski definition) is 2. The van der Waals surface area contributed by atoms with Crippen molar-refractivity contribution in [1.82, 2.24) is 10.2 Å². The number of nitrogens with one attached hydrogen (secondary N) is 1. The Labute approximate surface area is 121 Å². The Morgan fingerprint density at radius 1 is 1.30 bits per heavy atom. The van der Waals surface area contributed by atoms with Gasteiger partial charge in [0.25, 0.3) is 0 Å². The van der Waals surface area contributed by atoms with Crippen LogP contribution in [0.4, 0.5) is 0 Å². The Morgan fingerprint density at radius 2 is 2.00 bits per heavy atom. The minimum absolute atomic E-state index is 0.0242. The molecule has 2 unspecified atom stereocenters. The van der Waals surface area contributed by atoms with E-state index in [1.807, 2.05) is 18.2 Å². The second-order valence-corrected chi connectivity index (χ2v) is 6.57. The van der Waals surface area contributed by atoms with Crippen LogP contribution in [0.1, 0.15) is 51.3 Å². The molecule has 2 fully saturated rings. The molecule has 1 heterocycles. The molecular weight excluding hydrogens is 248 g/mol. The van der Waals surface area contributed by atoms with E-state index in [9.17, 15) is 4.79 Å². The molecule has 2 aliphatic rings. The Hall–Kier alpha value is -1.35. The largest absolute Gasteiger partial charge is 0.321 e. The smallest absolute Gasteiger partial charge is 0.241 e. The van der Waals surface area contributed by atoms with E-state index in [4.69, 9.17) is 0 Å². The van der Waals surface area contributed by atoms with Gasteiger partial charge in [-0.15, -0.1) is 0 Å². The summed E-state index contributed by atoms with van der Waals surface area (Å²) in [7, 11) is 0. The van der Waals surface area contributed by atoms with E-state index >= 15 is 0 Å². The fraction of sp³-hybridized carbons (Fsp3) is 0.588. The highest BCUT2D eigenvalue weighted by Gasteiger charge is 2.43. The minimum atomic E-state index is -0.0242. The van der Waals surface area contributed by atoms with E-state index in [0.717, 1.165) is 13.0 Å². The Balaban J connectivity index is 1.84. The Morgan fingerprint density at radius 3 is 2.55 bits per heavy atom. The van der Waals surface area contributed by atoms with Gasteiger partial charge in [-0.3, -0.25) is 10.1 Å². The molecule has 3 heteroatoms. The number of carbonyl (C=O) groups excluding carboxylic acids is 1. The predicted octanol–water partition coefficient (Wildman–Crippen LogP) is 3.09. The van der Waals surface area contributed by atoms with Crippen molar-refractivity contribution in [3.63, 3.8) is 0 Å². The maximum Gasteiger partial charge on any atom is 0.241 e. The van der Waals surface area contributed by atoms with Crippen molar-refractivity contribution in [2.24, 2.45) is 5.41 Å². The zero-order chi connectivity index (χ0) is 14.2. The van der Waals surface area contributed by atoms with Crippen LogP contribution < -0.4 is 5.32 Å². The molecule has 1 aromatic carbocycles. The first-order chi connectivity index (χ1) is 9.63. The number of hydrogen-bond donors (Lipinski definition) is 1. The molecule has 1 N–H and O–H groups in total. The van der Waals surface area contributed by atoms with Crippen LogP contribution in [0, 0.1) is 5.41 Å². The third kappa shape index (κ3) is 2.35. The standard InChI is InChI=1S/C17H24N2O/c1-3-14-16(20)19(12-17(2)10-7-11-17)15(18-14)13-8-5-4-6-9-13/h4-6,8-9,14-15,18H,3,7,10-12H2,1-2H3. The van der Waals surface area contributed by atoms with Gasteiger partial charge >= 0.3 is 0 Å². The van der Waals surface area contributed by atoms with E-state index in [-0.39, 0.29) is 18.1 Å². The molecule has 1 aliphatic carbocycles. The minimum Gasteiger partial charge on any atom is -0.321 e. The zero-order valence-electron chi connectivity index (χ0n) is 12.4. The lowest BCUT2D eigenvalue weighted by atomic mass is 9.70. The molecule has 0 aromatic heterocycles. The summed E-state index contributed by atoms with van der Waals surface area (Å²) in [5, 5.41) is 3.50. The Kier molecular flexibility index (Phi) is 3.55. The van der Waals surface area contributed by atoms with Crippen LogP contribution in [0.3, 0.4) is 0 Å². The third-order valence-electron chi connectivity index (χ3n) is 4.89. The number of nitrogens with zero attached hydrogens (tertiary/aromatic N) is 1. The molecule has 0 bridgehead atoms. The first-order valence-corrected chi connectivity index (χ1v) is 7.74. The summed E-state index contributed by atoms with van der Waals surface area (Å²) in [4.78, 5) is 14.7. The van der Waals surface area contributed by atoms with Crippen molar-refractivity contribution < 1.29 is 4.79 Å². The number of carbonyl (C=O) groups is 1. The van der Waals surface area contributed by atoms with Gasteiger partial charge in [0.2, 0.25) is 5.91 Å². The molecule has 0 spiro atoms. The highest BCUT2D eigenvalue weighted by Crippen LogP contribution is 2.43. The number of rotatable bonds is 4. The summed E-state index contributed by atoms with van der Waals surface area (Å²) in [6, 6.07) is 10.3. The second-order valence-electron chi connectivity index (χ2n) is 6.57. The molecule has 3 nitrogen and oxygen atoms in total. The molecule has 1 saturated carbocycles. The van der Waals surface area contributed by atoms with E-state index < -0.39 is 0 Å². The van der Waals surface area contributed by atoms with Crippen molar-refractivity contribution >= 4 is 5.91 Å². The third-order valence-corrected chi connectivity index (χ3v) is 4.89. The van der Waals surface area contributed by atoms with Crippen LogP contribution in [0.15, 0.2) is 30.3 Å². The molecule has 108 valence electrons. The van der Waals surface area contributed by atoms with Crippen molar-refractivity contribution in [2.45, 2.75) is 51.7 Å². The molecule has 0 radical (unpaired) electrons. The lowest BCUT2D eigenvalue weighted by molar-refractivity contribution is -0.132. The molecule has 1 saturated heterocycles. The van der Waals surface area contributed by atoms with Gasteiger partial charge in [-0.2, -0.15) is 0 Å². The highest BCUT2D eigenvalue weighted by molar-refractivity contribution is 5.84. The number of amides is 1. The van der Waals surface area contributed by atoms with Crippen LogP contribution in [-0.2, 0) is 4.79 Å². The maximum atomic E-state index is 12.6. The normalized spacial score (nSPS) is 28.5. The predicted molar refractivity (Wildman–Crippen MR) is 80.1 cm³/mol. The van der Waals surface area contributed by atoms with Crippen LogP contribution in [0.5, 0.6) is 0 Å². The summed E-state index contributed by atoms with van der Waals surface area (Å²) >= 11 is 0. The van der Waals surface area contributed by atoms with Gasteiger partial charge in [0.15, 0.2) is 0 Å². The zero-order valence-corrected chi connectivity index (χ0v) is 12.4. The molecule has 20 heavy (non-hydrogen) atoms. The topological polar surface area (TPSA) is 32.3 Å². The molecule has 3 rings (SSSR count). The summed E-state index contributed by atoms with van der Waals surface area (Å²) in [6.45, 7) is 5.27. The second kappa shape index (κ2) is 5.21. The monoisotopic (exact) mass is 272 g/mol. The first kappa shape index (κ1) is 13.6. The molecular formula is C17H24N2O. The lowest BCUT2D eigenvalue weighted by Crippen LogP contribution is -2.43. The number of benzene rings is 1. The van der Waals surface area contributed by atoms with Gasteiger partial charge in [-0.25, -0.2) is 0 Å². The maximum absolute atomic E-state index is 12.6. The van der Waals surface area contributed by atoms with Gasteiger partial charge in [0.05, 0.1) is 6.04 Å². The Bertz CT molecular complexity index is 481. The van der Waals surface area contributed by atoms with Gasteiger partial charge < -0.3 is 4.90 Å². The van der Waals surface area contributed by atoms with Crippen LogP contribution in [0.2, 0.25) is 0 Å². The average molecular weight is 272 g/mol. The van der Waals surface area contributed by atoms with Crippen LogP contribution in [-0.4, -0.2) is 23.4 Å². The van der Waals surface area contributed by atoms with Gasteiger partial charge in [-0.05, 0) is 30.2 Å². The fourth-order valence-corrected chi connectivity index (χ4v) is 3.40. The van der Waals surface area contributed by atoms with Crippen molar-refractivity contribution in [3.05, 3.63) is 35.9 Å². The first-order valence-electron chi connectivity index (χ1n) is 7.74. The van der Waals surface area contributed by atoms with Crippen molar-refractivity contribution in [1.29, 1.82) is 0 Å². The molecule has 1 amide bonds. The van der Waals surface area contributed by atoms with E-state index in [1.165, 1.54) is 24.8 Å². The van der Waals surface area contributed by atoms with Gasteiger partial charge in [0.1, 0.15) is 6.17 Å².